The molecule has 5 nitrogen and oxygen atoms in total. The molecule has 0 saturated heterocycles. The summed E-state index contributed by atoms with van der Waals surface area (Å²) in [6.45, 7) is 2.25. The minimum Gasteiger partial charge on any atom is -0.481 e. The fraction of sp³-hybridized carbons (Fsp3) is 0.840. The second-order valence-electron chi connectivity index (χ2n) is 9.57. The normalized spacial score (nSPS) is 14.1. The van der Waals surface area contributed by atoms with Crippen LogP contribution in [0.25, 0.3) is 0 Å². The first-order valence-electron chi connectivity index (χ1n) is 12.1. The van der Waals surface area contributed by atoms with Crippen LogP contribution in [-0.4, -0.2) is 53.8 Å². The maximum Gasteiger partial charge on any atom is 0.363 e. The maximum atomic E-state index is 11.6. The van der Waals surface area contributed by atoms with Crippen molar-refractivity contribution in [3.63, 3.8) is 0 Å². The number of quaternary nitrogens is 1. The molecular formula is C25H48NO4+. The largest absolute Gasteiger partial charge is 0.481 e. The van der Waals surface area contributed by atoms with Crippen LogP contribution in [0, 0.1) is 5.92 Å². The van der Waals surface area contributed by atoms with Gasteiger partial charge in [0.25, 0.3) is 0 Å². The van der Waals surface area contributed by atoms with Crippen molar-refractivity contribution in [2.75, 3.05) is 21.1 Å². The van der Waals surface area contributed by atoms with E-state index in [1.165, 1.54) is 64.2 Å². The summed E-state index contributed by atoms with van der Waals surface area (Å²) in [5.74, 6) is -2.86. The van der Waals surface area contributed by atoms with Crippen LogP contribution in [-0.2, 0) is 9.59 Å². The number of allylic oxidation sites excluding steroid dienone is 2. The van der Waals surface area contributed by atoms with Crippen LogP contribution in [0.15, 0.2) is 12.2 Å². The van der Waals surface area contributed by atoms with E-state index in [-0.39, 0.29) is 4.48 Å². The van der Waals surface area contributed by atoms with Crippen LogP contribution in [0.1, 0.15) is 103 Å². The van der Waals surface area contributed by atoms with E-state index in [2.05, 4.69) is 19.1 Å². The van der Waals surface area contributed by atoms with Gasteiger partial charge < -0.3 is 14.7 Å². The summed E-state index contributed by atoms with van der Waals surface area (Å²) in [5, 5.41) is 19.0. The summed E-state index contributed by atoms with van der Waals surface area (Å²) in [7, 11) is 5.24. The van der Waals surface area contributed by atoms with E-state index in [1.807, 2.05) is 0 Å². The van der Waals surface area contributed by atoms with Crippen molar-refractivity contribution >= 4 is 11.9 Å². The molecule has 176 valence electrons. The molecule has 0 bridgehead atoms. The maximum absolute atomic E-state index is 11.6. The number of hydrogen-bond donors (Lipinski definition) is 2. The monoisotopic (exact) mass is 426 g/mol. The van der Waals surface area contributed by atoms with Crippen molar-refractivity contribution in [1.82, 2.24) is 0 Å². The van der Waals surface area contributed by atoms with Gasteiger partial charge in [0, 0.05) is 0 Å². The van der Waals surface area contributed by atoms with Gasteiger partial charge in [0.1, 0.15) is 5.92 Å². The Kier molecular flexibility index (Phi) is 16.5. The van der Waals surface area contributed by atoms with Crippen molar-refractivity contribution in [3.8, 4) is 0 Å². The summed E-state index contributed by atoms with van der Waals surface area (Å²) in [6, 6.07) is -0.911. The average molecular weight is 427 g/mol. The van der Waals surface area contributed by atoms with Crippen LogP contribution < -0.4 is 0 Å². The predicted molar refractivity (Wildman–Crippen MR) is 125 cm³/mol. The predicted octanol–water partition coefficient (Wildman–Crippen LogP) is 6.27. The van der Waals surface area contributed by atoms with Gasteiger partial charge in [-0.1, -0.05) is 83.3 Å². The molecule has 0 aromatic heterocycles. The number of rotatable bonds is 20. The van der Waals surface area contributed by atoms with Gasteiger partial charge in [-0.2, -0.15) is 0 Å². The summed E-state index contributed by atoms with van der Waals surface area (Å²) >= 11 is 0. The number of nitrogens with zero attached hydrogens (tertiary/aromatic N) is 1. The number of likely N-dealkylation sites (N-methyl/N-ethyl adjacent to an activating group) is 1. The highest BCUT2D eigenvalue weighted by molar-refractivity contribution is 5.81. The molecule has 0 spiro atoms. The lowest BCUT2D eigenvalue weighted by Crippen LogP contribution is -2.55. The summed E-state index contributed by atoms with van der Waals surface area (Å²) < 4.78 is 0.124. The third-order valence-electron chi connectivity index (χ3n) is 5.81. The second-order valence-corrected chi connectivity index (χ2v) is 9.57. The van der Waals surface area contributed by atoms with Gasteiger partial charge in [0.05, 0.1) is 21.1 Å². The highest BCUT2D eigenvalue weighted by Gasteiger charge is 2.42. The zero-order valence-electron chi connectivity index (χ0n) is 20.1. The van der Waals surface area contributed by atoms with Crippen molar-refractivity contribution in [1.29, 1.82) is 0 Å². The number of unbranched alkanes of at least 4 members (excludes halogenated alkanes) is 12. The Hall–Kier alpha value is -1.36. The van der Waals surface area contributed by atoms with E-state index < -0.39 is 23.9 Å². The molecule has 5 heteroatoms. The molecule has 0 amide bonds. The van der Waals surface area contributed by atoms with E-state index in [0.29, 0.717) is 6.42 Å². The minimum absolute atomic E-state index is 0.124. The highest BCUT2D eigenvalue weighted by Crippen LogP contribution is 2.22. The molecule has 0 radical (unpaired) electrons. The molecule has 2 unspecified atom stereocenters. The Morgan fingerprint density at radius 1 is 0.700 bits per heavy atom. The molecule has 2 atom stereocenters. The van der Waals surface area contributed by atoms with Gasteiger partial charge in [0.15, 0.2) is 6.04 Å². The van der Waals surface area contributed by atoms with Gasteiger partial charge >= 0.3 is 11.9 Å². The third-order valence-corrected chi connectivity index (χ3v) is 5.81. The van der Waals surface area contributed by atoms with Gasteiger partial charge in [-0.15, -0.1) is 0 Å². The summed E-state index contributed by atoms with van der Waals surface area (Å²) in [4.78, 5) is 23.2. The van der Waals surface area contributed by atoms with Crippen molar-refractivity contribution in [2.45, 2.75) is 109 Å². The van der Waals surface area contributed by atoms with Crippen LogP contribution >= 0.6 is 0 Å². The molecule has 0 saturated carbocycles. The Labute approximate surface area is 185 Å². The van der Waals surface area contributed by atoms with Crippen LogP contribution in [0.2, 0.25) is 0 Å². The number of hydrogen-bond acceptors (Lipinski definition) is 2. The fourth-order valence-electron chi connectivity index (χ4n) is 4.07. The van der Waals surface area contributed by atoms with Crippen molar-refractivity contribution < 1.29 is 24.3 Å². The zero-order valence-corrected chi connectivity index (χ0v) is 20.1. The van der Waals surface area contributed by atoms with E-state index >= 15 is 0 Å². The highest BCUT2D eigenvalue weighted by atomic mass is 16.4. The molecule has 0 aliphatic rings. The molecule has 2 N–H and O–H groups in total. The van der Waals surface area contributed by atoms with Gasteiger partial charge in [-0.3, -0.25) is 4.79 Å². The van der Waals surface area contributed by atoms with Crippen molar-refractivity contribution in [3.05, 3.63) is 12.2 Å². The summed E-state index contributed by atoms with van der Waals surface area (Å²) in [5.41, 5.74) is 0. The molecule has 0 aliphatic heterocycles. The lowest BCUT2D eigenvalue weighted by Gasteiger charge is -2.34. The summed E-state index contributed by atoms with van der Waals surface area (Å²) in [6.07, 6.45) is 22.0. The number of carbonyl (C=O) groups is 2. The molecular weight excluding hydrogens is 378 g/mol. The van der Waals surface area contributed by atoms with Gasteiger partial charge in [0.2, 0.25) is 0 Å². The Bertz CT molecular complexity index is 482. The first kappa shape index (κ1) is 28.6. The number of aliphatic carboxylic acids is 2. The fourth-order valence-corrected chi connectivity index (χ4v) is 4.07. The van der Waals surface area contributed by atoms with Crippen molar-refractivity contribution in [2.24, 2.45) is 5.92 Å². The zero-order chi connectivity index (χ0) is 22.8. The SMILES string of the molecule is CCCCCCCC/C=C\CCCCCCCCC(C(=O)O)C(C(=O)O)[N+](C)(C)C. The first-order chi connectivity index (χ1) is 14.2. The topological polar surface area (TPSA) is 74.6 Å². The lowest BCUT2D eigenvalue weighted by atomic mass is 9.91. The standard InChI is InChI=1S/C25H47NO4/c1-5-6-7-8-9-10-11-12-13-14-15-16-17-18-19-20-21-22(24(27)28)23(25(29)30)26(2,3)4/h12-13,22-23H,5-11,14-21H2,1-4H3,(H-,27,28,29,30)/p+1/b13-12-. The van der Waals surface area contributed by atoms with E-state index in [1.54, 1.807) is 21.1 Å². The second kappa shape index (κ2) is 17.3. The molecule has 0 rings (SSSR count). The van der Waals surface area contributed by atoms with Crippen LogP contribution in [0.4, 0.5) is 0 Å². The smallest absolute Gasteiger partial charge is 0.363 e. The van der Waals surface area contributed by atoms with Crippen LogP contribution in [0.5, 0.6) is 0 Å². The van der Waals surface area contributed by atoms with E-state index in [9.17, 15) is 19.8 Å². The lowest BCUT2D eigenvalue weighted by molar-refractivity contribution is -0.890. The molecule has 0 heterocycles. The van der Waals surface area contributed by atoms with Crippen LogP contribution in [0.3, 0.4) is 0 Å². The Morgan fingerprint density at radius 2 is 1.13 bits per heavy atom. The molecule has 0 fully saturated rings. The molecule has 0 aliphatic carbocycles. The Balaban J connectivity index is 3.79. The molecule has 0 aromatic rings. The van der Waals surface area contributed by atoms with E-state index in [0.717, 1.165) is 25.7 Å². The minimum atomic E-state index is -1.03. The first-order valence-corrected chi connectivity index (χ1v) is 12.1. The molecule has 30 heavy (non-hydrogen) atoms. The quantitative estimate of drug-likeness (QED) is 0.137. The number of carboxylic acid groups (broad SMARTS) is 2. The third kappa shape index (κ3) is 14.6. The van der Waals surface area contributed by atoms with E-state index in [4.69, 9.17) is 0 Å². The average Bonchev–Trinajstić information content (AvgIpc) is 2.65. The molecule has 0 aromatic carbocycles. The Morgan fingerprint density at radius 3 is 1.53 bits per heavy atom. The van der Waals surface area contributed by atoms with Gasteiger partial charge in [-0.25, -0.2) is 4.79 Å². The van der Waals surface area contributed by atoms with Gasteiger partial charge in [-0.05, 0) is 32.1 Å². The number of carboxylic acids is 2.